The van der Waals surface area contributed by atoms with Gasteiger partial charge in [0, 0.05) is 13.1 Å². The Bertz CT molecular complexity index is 278. The van der Waals surface area contributed by atoms with Gasteiger partial charge in [-0.05, 0) is 12.3 Å². The molecule has 1 heterocycles. The maximum absolute atomic E-state index is 12.1. The molecule has 16 heavy (non-hydrogen) atoms. The third-order valence-corrected chi connectivity index (χ3v) is 3.00. The molecule has 5 heteroatoms. The summed E-state index contributed by atoms with van der Waals surface area (Å²) in [6, 6.07) is -0.869. The van der Waals surface area contributed by atoms with Crippen LogP contribution in [0.2, 0.25) is 0 Å². The van der Waals surface area contributed by atoms with E-state index in [9.17, 15) is 9.59 Å². The molecule has 0 aromatic carbocycles. The Hall–Kier alpha value is -1.10. The summed E-state index contributed by atoms with van der Waals surface area (Å²) in [5.41, 5.74) is 5.83. The van der Waals surface area contributed by atoms with Crippen LogP contribution in [-0.4, -0.2) is 41.9 Å². The topological polar surface area (TPSA) is 75.4 Å². The Morgan fingerprint density at radius 1 is 1.62 bits per heavy atom. The Morgan fingerprint density at radius 3 is 2.75 bits per heavy atom. The largest absolute Gasteiger partial charge is 0.353 e. The first-order chi connectivity index (χ1) is 7.49. The first-order valence-corrected chi connectivity index (χ1v) is 5.82. The van der Waals surface area contributed by atoms with Crippen molar-refractivity contribution in [3.05, 3.63) is 0 Å². The van der Waals surface area contributed by atoms with Gasteiger partial charge in [0.2, 0.25) is 11.8 Å². The number of carbonyl (C=O) groups excluding carboxylic acids is 2. The van der Waals surface area contributed by atoms with Gasteiger partial charge in [0.05, 0.1) is 6.04 Å². The molecule has 0 bridgehead atoms. The van der Waals surface area contributed by atoms with Crippen LogP contribution in [0.4, 0.5) is 0 Å². The fourth-order valence-corrected chi connectivity index (χ4v) is 1.86. The lowest BCUT2D eigenvalue weighted by Gasteiger charge is -2.36. The van der Waals surface area contributed by atoms with Crippen molar-refractivity contribution in [1.29, 1.82) is 0 Å². The Kier molecular flexibility index (Phi) is 4.29. The van der Waals surface area contributed by atoms with E-state index in [1.807, 2.05) is 20.8 Å². The number of rotatable bonds is 3. The molecule has 2 amide bonds. The Morgan fingerprint density at radius 2 is 2.25 bits per heavy atom. The molecule has 0 saturated carbocycles. The van der Waals surface area contributed by atoms with Crippen molar-refractivity contribution in [3.8, 4) is 0 Å². The molecular weight excluding hydrogens is 206 g/mol. The van der Waals surface area contributed by atoms with E-state index < -0.39 is 6.04 Å². The van der Waals surface area contributed by atoms with Gasteiger partial charge in [0.1, 0.15) is 6.04 Å². The summed E-state index contributed by atoms with van der Waals surface area (Å²) in [4.78, 5) is 25.3. The lowest BCUT2D eigenvalue weighted by Crippen LogP contribution is -2.60. The molecule has 0 radical (unpaired) electrons. The van der Waals surface area contributed by atoms with Crippen molar-refractivity contribution in [2.45, 2.75) is 39.3 Å². The molecule has 1 saturated heterocycles. The minimum Gasteiger partial charge on any atom is -0.353 e. The maximum atomic E-state index is 12.1. The van der Waals surface area contributed by atoms with E-state index in [1.54, 1.807) is 4.90 Å². The van der Waals surface area contributed by atoms with Crippen molar-refractivity contribution in [2.24, 2.45) is 11.7 Å². The summed E-state index contributed by atoms with van der Waals surface area (Å²) < 4.78 is 0. The first-order valence-electron chi connectivity index (χ1n) is 5.82. The standard InChI is InChI=1S/C11H21N3O2/c1-4-8-10(15)13-5-6-14(8)11(16)9(12)7(2)3/h7-9H,4-6,12H2,1-3H3,(H,13,15)/t8?,9-/m1/s1. The predicted octanol–water partition coefficient (Wildman–Crippen LogP) is -0.293. The molecule has 0 aliphatic carbocycles. The molecule has 0 spiro atoms. The van der Waals surface area contributed by atoms with Gasteiger partial charge in [-0.1, -0.05) is 20.8 Å². The number of nitrogens with one attached hydrogen (secondary N) is 1. The van der Waals surface area contributed by atoms with Crippen molar-refractivity contribution < 1.29 is 9.59 Å². The zero-order valence-corrected chi connectivity index (χ0v) is 10.2. The predicted molar refractivity (Wildman–Crippen MR) is 61.6 cm³/mol. The van der Waals surface area contributed by atoms with Gasteiger partial charge < -0.3 is 16.0 Å². The zero-order chi connectivity index (χ0) is 12.3. The van der Waals surface area contributed by atoms with Crippen LogP contribution in [0.25, 0.3) is 0 Å². The highest BCUT2D eigenvalue weighted by Crippen LogP contribution is 2.12. The van der Waals surface area contributed by atoms with Crippen LogP contribution in [-0.2, 0) is 9.59 Å². The van der Waals surface area contributed by atoms with E-state index in [4.69, 9.17) is 5.73 Å². The third-order valence-electron chi connectivity index (χ3n) is 3.00. The zero-order valence-electron chi connectivity index (χ0n) is 10.2. The quantitative estimate of drug-likeness (QED) is 0.695. The molecular formula is C11H21N3O2. The van der Waals surface area contributed by atoms with Crippen molar-refractivity contribution >= 4 is 11.8 Å². The van der Waals surface area contributed by atoms with Gasteiger partial charge in [-0.25, -0.2) is 0 Å². The number of carbonyl (C=O) groups is 2. The highest BCUT2D eigenvalue weighted by atomic mass is 16.2. The average molecular weight is 227 g/mol. The van der Waals surface area contributed by atoms with Crippen LogP contribution in [0.5, 0.6) is 0 Å². The van der Waals surface area contributed by atoms with E-state index in [2.05, 4.69) is 5.32 Å². The van der Waals surface area contributed by atoms with Gasteiger partial charge in [-0.3, -0.25) is 9.59 Å². The van der Waals surface area contributed by atoms with Gasteiger partial charge in [0.15, 0.2) is 0 Å². The maximum Gasteiger partial charge on any atom is 0.242 e. The second-order valence-electron chi connectivity index (χ2n) is 4.52. The molecule has 5 nitrogen and oxygen atoms in total. The SMILES string of the molecule is CCC1C(=O)NCCN1C(=O)[C@H](N)C(C)C. The first kappa shape index (κ1) is 13.0. The van der Waals surface area contributed by atoms with Crippen molar-refractivity contribution in [2.75, 3.05) is 13.1 Å². The van der Waals surface area contributed by atoms with Gasteiger partial charge in [0.25, 0.3) is 0 Å². The summed E-state index contributed by atoms with van der Waals surface area (Å²) in [6.07, 6.45) is 0.627. The van der Waals surface area contributed by atoms with Gasteiger partial charge in [-0.15, -0.1) is 0 Å². The molecule has 1 aliphatic rings. The third kappa shape index (κ3) is 2.52. The second-order valence-corrected chi connectivity index (χ2v) is 4.52. The molecule has 3 N–H and O–H groups in total. The molecule has 1 aliphatic heterocycles. The summed E-state index contributed by atoms with van der Waals surface area (Å²) in [5.74, 6) is -0.0928. The number of hydrogen-bond donors (Lipinski definition) is 2. The number of amides is 2. The van der Waals surface area contributed by atoms with Gasteiger partial charge >= 0.3 is 0 Å². The summed E-state index contributed by atoms with van der Waals surface area (Å²) in [6.45, 7) is 6.80. The van der Waals surface area contributed by atoms with Crippen LogP contribution < -0.4 is 11.1 Å². The van der Waals surface area contributed by atoms with E-state index in [-0.39, 0.29) is 23.8 Å². The van der Waals surface area contributed by atoms with E-state index in [0.29, 0.717) is 19.5 Å². The Labute approximate surface area is 96.4 Å². The number of nitrogens with zero attached hydrogens (tertiary/aromatic N) is 1. The smallest absolute Gasteiger partial charge is 0.242 e. The van der Waals surface area contributed by atoms with E-state index in [1.165, 1.54) is 0 Å². The Balaban J connectivity index is 2.76. The monoisotopic (exact) mass is 227 g/mol. The lowest BCUT2D eigenvalue weighted by molar-refractivity contribution is -0.144. The minimum atomic E-state index is -0.514. The minimum absolute atomic E-state index is 0.0712. The summed E-state index contributed by atoms with van der Waals surface area (Å²) >= 11 is 0. The molecule has 0 aromatic rings. The fraction of sp³-hybridized carbons (Fsp3) is 0.818. The normalized spacial score (nSPS) is 23.2. The molecule has 2 atom stereocenters. The molecule has 92 valence electrons. The summed E-state index contributed by atoms with van der Waals surface area (Å²) in [7, 11) is 0. The highest BCUT2D eigenvalue weighted by molar-refractivity contribution is 5.90. The van der Waals surface area contributed by atoms with Crippen LogP contribution in [0.15, 0.2) is 0 Å². The number of nitrogens with two attached hydrogens (primary N) is 1. The van der Waals surface area contributed by atoms with E-state index in [0.717, 1.165) is 0 Å². The lowest BCUT2D eigenvalue weighted by atomic mass is 10.0. The highest BCUT2D eigenvalue weighted by Gasteiger charge is 2.34. The van der Waals surface area contributed by atoms with Crippen molar-refractivity contribution in [1.82, 2.24) is 10.2 Å². The number of hydrogen-bond acceptors (Lipinski definition) is 3. The molecule has 1 rings (SSSR count). The second kappa shape index (κ2) is 5.30. The summed E-state index contributed by atoms with van der Waals surface area (Å²) in [5, 5.41) is 2.76. The van der Waals surface area contributed by atoms with Gasteiger partial charge in [-0.2, -0.15) is 0 Å². The van der Waals surface area contributed by atoms with Crippen LogP contribution in [0.1, 0.15) is 27.2 Å². The van der Waals surface area contributed by atoms with Crippen LogP contribution in [0.3, 0.4) is 0 Å². The van der Waals surface area contributed by atoms with Crippen LogP contribution in [0, 0.1) is 5.92 Å². The molecule has 0 aromatic heterocycles. The molecule has 1 unspecified atom stereocenters. The van der Waals surface area contributed by atoms with E-state index >= 15 is 0 Å². The van der Waals surface area contributed by atoms with Crippen LogP contribution >= 0.6 is 0 Å². The fourth-order valence-electron chi connectivity index (χ4n) is 1.86. The molecule has 1 fully saturated rings. The average Bonchev–Trinajstić information content (AvgIpc) is 2.26. The number of piperazine rings is 1. The van der Waals surface area contributed by atoms with Crippen molar-refractivity contribution in [3.63, 3.8) is 0 Å².